The monoisotopic (exact) mass is 411 g/mol. The van der Waals surface area contributed by atoms with Gasteiger partial charge in [0, 0.05) is 51.6 Å². The van der Waals surface area contributed by atoms with Crippen LogP contribution in [0.3, 0.4) is 0 Å². The summed E-state index contributed by atoms with van der Waals surface area (Å²) in [6, 6.07) is 19.4. The zero-order valence-corrected chi connectivity index (χ0v) is 17.9. The van der Waals surface area contributed by atoms with Crippen LogP contribution in [0.4, 0.5) is 0 Å². The molecule has 1 saturated heterocycles. The Morgan fingerprint density at radius 1 is 0.968 bits per heavy atom. The molecule has 0 spiro atoms. The van der Waals surface area contributed by atoms with Crippen molar-refractivity contribution in [2.24, 2.45) is 0 Å². The molecule has 1 atom stereocenters. The molecule has 156 valence electrons. The number of aryl methyl sites for hydroxylation is 2. The van der Waals surface area contributed by atoms with E-state index in [1.165, 1.54) is 0 Å². The molecule has 1 aromatic heterocycles. The van der Waals surface area contributed by atoms with Crippen LogP contribution in [0.1, 0.15) is 51.6 Å². The summed E-state index contributed by atoms with van der Waals surface area (Å²) >= 11 is 0. The molecule has 5 rings (SSSR count). The lowest BCUT2D eigenvalue weighted by molar-refractivity contribution is 0.0643. The maximum atomic E-state index is 13.2. The molecule has 4 heteroatoms. The first-order valence-corrected chi connectivity index (χ1v) is 10.9. The number of hydrogen-bond donors (Lipinski definition) is 0. The second kappa shape index (κ2) is 7.78. The molecule has 1 aliphatic rings. The molecule has 0 radical (unpaired) electrons. The highest BCUT2D eigenvalue weighted by molar-refractivity contribution is 6.16. The zero-order valence-electron chi connectivity index (χ0n) is 17.9. The van der Waals surface area contributed by atoms with Crippen LogP contribution >= 0.6 is 0 Å². The van der Waals surface area contributed by atoms with Gasteiger partial charge in [0.15, 0.2) is 11.6 Å². The smallest absolute Gasteiger partial charge is 0.193 e. The van der Waals surface area contributed by atoms with Gasteiger partial charge in [0.25, 0.3) is 0 Å². The van der Waals surface area contributed by atoms with Crippen LogP contribution in [0, 0.1) is 6.92 Å². The lowest BCUT2D eigenvalue weighted by Gasteiger charge is -2.08. The van der Waals surface area contributed by atoms with Crippen molar-refractivity contribution in [1.29, 1.82) is 0 Å². The lowest BCUT2D eigenvalue weighted by atomic mass is 9.97. The van der Waals surface area contributed by atoms with E-state index < -0.39 is 0 Å². The Morgan fingerprint density at radius 2 is 1.65 bits per heavy atom. The number of fused-ring (bicyclic) bond motifs is 3. The SMILES string of the molecule is CCn1c2ccc(C(=O)c3ccccc3C)cc2c2cc(C(=O)C3CCCO3)ccc21. The number of ketones is 2. The Labute approximate surface area is 181 Å². The van der Waals surface area contributed by atoms with E-state index in [0.29, 0.717) is 17.7 Å². The molecule has 4 nitrogen and oxygen atoms in total. The first-order chi connectivity index (χ1) is 15.1. The molecule has 0 amide bonds. The number of Topliss-reactive ketones (excluding diaryl/α,β-unsaturated/α-hetero) is 1. The molecule has 31 heavy (non-hydrogen) atoms. The minimum Gasteiger partial charge on any atom is -0.370 e. The lowest BCUT2D eigenvalue weighted by Crippen LogP contribution is -2.19. The number of nitrogens with zero attached hydrogens (tertiary/aromatic N) is 1. The summed E-state index contributed by atoms with van der Waals surface area (Å²) in [5, 5.41) is 2.00. The number of ether oxygens (including phenoxy) is 1. The van der Waals surface area contributed by atoms with Gasteiger partial charge in [-0.2, -0.15) is 0 Å². The second-order valence-electron chi connectivity index (χ2n) is 8.22. The van der Waals surface area contributed by atoms with Crippen LogP contribution in [-0.2, 0) is 11.3 Å². The van der Waals surface area contributed by atoms with Crippen LogP contribution < -0.4 is 0 Å². The third-order valence-corrected chi connectivity index (χ3v) is 6.34. The summed E-state index contributed by atoms with van der Waals surface area (Å²) in [6.07, 6.45) is 1.37. The van der Waals surface area contributed by atoms with Gasteiger partial charge in [-0.1, -0.05) is 24.3 Å². The van der Waals surface area contributed by atoms with Crippen molar-refractivity contribution in [3.05, 3.63) is 82.9 Å². The Hall–Kier alpha value is -3.24. The normalized spacial score (nSPS) is 16.3. The van der Waals surface area contributed by atoms with Crippen molar-refractivity contribution < 1.29 is 14.3 Å². The van der Waals surface area contributed by atoms with E-state index in [2.05, 4.69) is 11.5 Å². The largest absolute Gasteiger partial charge is 0.370 e. The minimum atomic E-state index is -0.338. The van der Waals surface area contributed by atoms with Crippen molar-refractivity contribution in [3.8, 4) is 0 Å². The molecule has 3 aromatic carbocycles. The van der Waals surface area contributed by atoms with Crippen molar-refractivity contribution in [2.45, 2.75) is 39.3 Å². The van der Waals surface area contributed by atoms with Gasteiger partial charge in [-0.3, -0.25) is 9.59 Å². The number of aromatic nitrogens is 1. The van der Waals surface area contributed by atoms with Crippen LogP contribution in [0.25, 0.3) is 21.8 Å². The standard InChI is InChI=1S/C27H25NO3/c1-3-28-23-12-10-18(26(29)20-8-5-4-7-17(20)2)15-21(23)22-16-19(11-13-24(22)28)27(30)25-9-6-14-31-25/h4-5,7-8,10-13,15-16,25H,3,6,9,14H2,1-2H3. The highest BCUT2D eigenvalue weighted by Gasteiger charge is 2.25. The molecular weight excluding hydrogens is 386 g/mol. The van der Waals surface area contributed by atoms with E-state index in [1.807, 2.05) is 67.6 Å². The Balaban J connectivity index is 1.66. The first-order valence-electron chi connectivity index (χ1n) is 10.9. The van der Waals surface area contributed by atoms with Crippen molar-refractivity contribution in [1.82, 2.24) is 4.57 Å². The number of hydrogen-bond acceptors (Lipinski definition) is 3. The average molecular weight is 412 g/mol. The van der Waals surface area contributed by atoms with Crippen LogP contribution in [-0.4, -0.2) is 28.8 Å². The van der Waals surface area contributed by atoms with E-state index in [4.69, 9.17) is 4.74 Å². The molecular formula is C27H25NO3. The second-order valence-corrected chi connectivity index (χ2v) is 8.22. The number of benzene rings is 3. The van der Waals surface area contributed by atoms with Crippen LogP contribution in [0.15, 0.2) is 60.7 Å². The van der Waals surface area contributed by atoms with Gasteiger partial charge >= 0.3 is 0 Å². The number of rotatable bonds is 5. The van der Waals surface area contributed by atoms with Gasteiger partial charge in [0.05, 0.1) is 0 Å². The molecule has 1 fully saturated rings. The van der Waals surface area contributed by atoms with E-state index >= 15 is 0 Å². The summed E-state index contributed by atoms with van der Waals surface area (Å²) < 4.78 is 7.84. The summed E-state index contributed by atoms with van der Waals surface area (Å²) in [4.78, 5) is 26.1. The fourth-order valence-corrected chi connectivity index (χ4v) is 4.69. The molecule has 1 unspecified atom stereocenters. The first kappa shape index (κ1) is 19.7. The predicted octanol–water partition coefficient (Wildman–Crippen LogP) is 5.72. The van der Waals surface area contributed by atoms with E-state index in [1.54, 1.807) is 0 Å². The topological polar surface area (TPSA) is 48.3 Å². The van der Waals surface area contributed by atoms with Gasteiger partial charge in [0.2, 0.25) is 0 Å². The maximum absolute atomic E-state index is 13.2. The Bertz CT molecular complexity index is 1330. The van der Waals surface area contributed by atoms with Gasteiger partial charge in [0.1, 0.15) is 6.10 Å². The van der Waals surface area contributed by atoms with E-state index in [0.717, 1.165) is 52.3 Å². The van der Waals surface area contributed by atoms with Gasteiger partial charge in [-0.05, 0) is 68.7 Å². The number of carbonyl (C=O) groups excluding carboxylic acids is 2. The van der Waals surface area contributed by atoms with Crippen molar-refractivity contribution in [3.63, 3.8) is 0 Å². The third kappa shape index (κ3) is 3.28. The number of carbonyl (C=O) groups is 2. The van der Waals surface area contributed by atoms with Gasteiger partial charge < -0.3 is 9.30 Å². The van der Waals surface area contributed by atoms with E-state index in [9.17, 15) is 9.59 Å². The Kier molecular flexibility index (Phi) is 4.95. The fraction of sp³-hybridized carbons (Fsp3) is 0.259. The highest BCUT2D eigenvalue weighted by atomic mass is 16.5. The third-order valence-electron chi connectivity index (χ3n) is 6.34. The molecule has 0 aliphatic carbocycles. The van der Waals surface area contributed by atoms with Gasteiger partial charge in [-0.25, -0.2) is 0 Å². The summed E-state index contributed by atoms with van der Waals surface area (Å²) in [7, 11) is 0. The van der Waals surface area contributed by atoms with Crippen molar-refractivity contribution >= 4 is 33.4 Å². The summed E-state index contributed by atoms with van der Waals surface area (Å²) in [5.41, 5.74) is 5.16. The zero-order chi connectivity index (χ0) is 21.5. The van der Waals surface area contributed by atoms with Crippen molar-refractivity contribution in [2.75, 3.05) is 6.61 Å². The molecule has 2 heterocycles. The van der Waals surface area contributed by atoms with Crippen LogP contribution in [0.5, 0.6) is 0 Å². The quantitative estimate of drug-likeness (QED) is 0.395. The van der Waals surface area contributed by atoms with E-state index in [-0.39, 0.29) is 17.7 Å². The fourth-order valence-electron chi connectivity index (χ4n) is 4.69. The van der Waals surface area contributed by atoms with Gasteiger partial charge in [-0.15, -0.1) is 0 Å². The molecule has 0 N–H and O–H groups in total. The molecule has 0 saturated carbocycles. The molecule has 0 bridgehead atoms. The highest BCUT2D eigenvalue weighted by Crippen LogP contribution is 2.32. The molecule has 1 aliphatic heterocycles. The Morgan fingerprint density at radius 3 is 2.29 bits per heavy atom. The summed E-state index contributed by atoms with van der Waals surface area (Å²) in [6.45, 7) is 5.52. The average Bonchev–Trinajstić information content (AvgIpc) is 3.44. The minimum absolute atomic E-state index is 0.0176. The van der Waals surface area contributed by atoms with Crippen LogP contribution in [0.2, 0.25) is 0 Å². The predicted molar refractivity (Wildman–Crippen MR) is 123 cm³/mol. The summed E-state index contributed by atoms with van der Waals surface area (Å²) in [5.74, 6) is 0.0629. The maximum Gasteiger partial charge on any atom is 0.193 e. The molecule has 4 aromatic rings.